The molecule has 2 rings (SSSR count). The SMILES string of the molecule is Nc1ccc(C(c2ccc(N)cc2)S(=O)O)cc1. The van der Waals surface area contributed by atoms with E-state index in [1.165, 1.54) is 0 Å². The van der Waals surface area contributed by atoms with Crippen LogP contribution in [0.1, 0.15) is 16.4 Å². The normalized spacial score (nSPS) is 12.6. The number of nitrogens with two attached hydrogens (primary N) is 2. The molecular formula is C13H14N2O2S. The lowest BCUT2D eigenvalue weighted by Gasteiger charge is -2.14. The van der Waals surface area contributed by atoms with E-state index in [0.29, 0.717) is 11.4 Å². The van der Waals surface area contributed by atoms with Crippen LogP contribution in [0.2, 0.25) is 0 Å². The third kappa shape index (κ3) is 2.69. The van der Waals surface area contributed by atoms with E-state index in [0.717, 1.165) is 11.1 Å². The first kappa shape index (κ1) is 12.6. The van der Waals surface area contributed by atoms with Gasteiger partial charge < -0.3 is 16.0 Å². The molecule has 5 N–H and O–H groups in total. The van der Waals surface area contributed by atoms with Gasteiger partial charge in [0.15, 0.2) is 11.1 Å². The van der Waals surface area contributed by atoms with Gasteiger partial charge in [0.25, 0.3) is 0 Å². The molecular weight excluding hydrogens is 248 g/mol. The Kier molecular flexibility index (Phi) is 3.64. The molecule has 1 atom stereocenters. The van der Waals surface area contributed by atoms with Crippen LogP contribution in [0.3, 0.4) is 0 Å². The summed E-state index contributed by atoms with van der Waals surface area (Å²) in [5, 5.41) is -0.591. The van der Waals surface area contributed by atoms with Crippen molar-refractivity contribution in [1.29, 1.82) is 0 Å². The summed E-state index contributed by atoms with van der Waals surface area (Å²) in [7, 11) is 0. The molecule has 0 saturated heterocycles. The molecule has 0 aliphatic carbocycles. The second-order valence-corrected chi connectivity index (χ2v) is 5.01. The Morgan fingerprint density at radius 3 is 1.44 bits per heavy atom. The highest BCUT2D eigenvalue weighted by Crippen LogP contribution is 2.28. The minimum Gasteiger partial charge on any atom is -0.399 e. The molecule has 0 heterocycles. The summed E-state index contributed by atoms with van der Waals surface area (Å²) in [5.41, 5.74) is 14.0. The summed E-state index contributed by atoms with van der Waals surface area (Å²) < 4.78 is 21.0. The van der Waals surface area contributed by atoms with E-state index in [1.54, 1.807) is 48.5 Å². The van der Waals surface area contributed by atoms with Gasteiger partial charge in [0.05, 0.1) is 0 Å². The molecule has 94 valence electrons. The molecule has 0 spiro atoms. The molecule has 18 heavy (non-hydrogen) atoms. The zero-order valence-corrected chi connectivity index (χ0v) is 10.4. The molecule has 0 saturated carbocycles. The van der Waals surface area contributed by atoms with E-state index in [-0.39, 0.29) is 0 Å². The predicted octanol–water partition coefficient (Wildman–Crippen LogP) is 2.16. The smallest absolute Gasteiger partial charge is 0.165 e. The number of hydrogen-bond acceptors (Lipinski definition) is 3. The van der Waals surface area contributed by atoms with Crippen LogP contribution >= 0.6 is 0 Å². The number of anilines is 2. The van der Waals surface area contributed by atoms with Crippen molar-refractivity contribution in [3.05, 3.63) is 59.7 Å². The molecule has 0 aliphatic heterocycles. The summed E-state index contributed by atoms with van der Waals surface area (Å²) in [5.74, 6) is 0. The fourth-order valence-electron chi connectivity index (χ4n) is 1.77. The van der Waals surface area contributed by atoms with Crippen LogP contribution in [-0.2, 0) is 11.1 Å². The fourth-order valence-corrected chi connectivity index (χ4v) is 2.55. The third-order valence-corrected chi connectivity index (χ3v) is 3.63. The molecule has 1 unspecified atom stereocenters. The van der Waals surface area contributed by atoms with Gasteiger partial charge in [-0.2, -0.15) is 0 Å². The predicted molar refractivity (Wildman–Crippen MR) is 74.3 cm³/mol. The number of benzene rings is 2. The minimum atomic E-state index is -2.00. The topological polar surface area (TPSA) is 89.3 Å². The highest BCUT2D eigenvalue weighted by molar-refractivity contribution is 7.79. The van der Waals surface area contributed by atoms with Gasteiger partial charge >= 0.3 is 0 Å². The van der Waals surface area contributed by atoms with Gasteiger partial charge in [0.2, 0.25) is 0 Å². The van der Waals surface area contributed by atoms with Crippen LogP contribution in [0, 0.1) is 0 Å². The highest BCUT2D eigenvalue weighted by Gasteiger charge is 2.19. The molecule has 0 amide bonds. The molecule has 2 aromatic rings. The van der Waals surface area contributed by atoms with E-state index in [1.807, 2.05) is 0 Å². The lowest BCUT2D eigenvalue weighted by molar-refractivity contribution is 0.557. The summed E-state index contributed by atoms with van der Waals surface area (Å²) in [6, 6.07) is 13.9. The van der Waals surface area contributed by atoms with Crippen molar-refractivity contribution in [2.75, 3.05) is 11.5 Å². The zero-order valence-electron chi connectivity index (χ0n) is 9.61. The third-order valence-electron chi connectivity index (χ3n) is 2.68. The van der Waals surface area contributed by atoms with Crippen molar-refractivity contribution in [1.82, 2.24) is 0 Å². The van der Waals surface area contributed by atoms with Crippen molar-refractivity contribution in [3.8, 4) is 0 Å². The monoisotopic (exact) mass is 262 g/mol. The van der Waals surface area contributed by atoms with E-state index in [4.69, 9.17) is 11.5 Å². The number of nitrogen functional groups attached to an aromatic ring is 2. The Balaban J connectivity index is 2.43. The van der Waals surface area contributed by atoms with Gasteiger partial charge in [-0.15, -0.1) is 0 Å². The zero-order chi connectivity index (χ0) is 13.1. The molecule has 5 heteroatoms. The Morgan fingerprint density at radius 1 is 0.833 bits per heavy atom. The van der Waals surface area contributed by atoms with E-state index in [9.17, 15) is 8.76 Å². The average molecular weight is 262 g/mol. The fraction of sp³-hybridized carbons (Fsp3) is 0.0769. The lowest BCUT2D eigenvalue weighted by Crippen LogP contribution is -2.07. The Labute approximate surface area is 108 Å². The van der Waals surface area contributed by atoms with Crippen molar-refractivity contribution >= 4 is 22.5 Å². The maximum absolute atomic E-state index is 11.5. The second kappa shape index (κ2) is 5.20. The van der Waals surface area contributed by atoms with Gasteiger partial charge in [0, 0.05) is 11.4 Å². The quantitative estimate of drug-likeness (QED) is 0.584. The van der Waals surface area contributed by atoms with E-state index < -0.39 is 16.3 Å². The molecule has 0 fully saturated rings. The maximum atomic E-state index is 11.5. The van der Waals surface area contributed by atoms with Gasteiger partial charge in [-0.3, -0.25) is 0 Å². The van der Waals surface area contributed by atoms with E-state index in [2.05, 4.69) is 0 Å². The summed E-state index contributed by atoms with van der Waals surface area (Å²) in [6.07, 6.45) is 0. The van der Waals surface area contributed by atoms with Crippen LogP contribution < -0.4 is 11.5 Å². The maximum Gasteiger partial charge on any atom is 0.165 e. The van der Waals surface area contributed by atoms with Crippen molar-refractivity contribution < 1.29 is 8.76 Å². The Morgan fingerprint density at radius 2 is 1.17 bits per heavy atom. The standard InChI is InChI=1S/C13H14N2O2S/c14-11-5-1-9(2-6-11)13(18(16)17)10-3-7-12(15)8-4-10/h1-8,13H,14-15H2,(H,16,17). The summed E-state index contributed by atoms with van der Waals surface area (Å²) >= 11 is -2.00. The van der Waals surface area contributed by atoms with Gasteiger partial charge in [-0.05, 0) is 35.4 Å². The van der Waals surface area contributed by atoms with E-state index >= 15 is 0 Å². The number of rotatable bonds is 3. The largest absolute Gasteiger partial charge is 0.399 e. The highest BCUT2D eigenvalue weighted by atomic mass is 32.2. The van der Waals surface area contributed by atoms with Crippen LogP contribution in [0.5, 0.6) is 0 Å². The van der Waals surface area contributed by atoms with Gasteiger partial charge in [0.1, 0.15) is 5.25 Å². The molecule has 2 aromatic carbocycles. The lowest BCUT2D eigenvalue weighted by atomic mass is 10.0. The first-order chi connectivity index (χ1) is 8.58. The summed E-state index contributed by atoms with van der Waals surface area (Å²) in [4.78, 5) is 0. The van der Waals surface area contributed by atoms with Gasteiger partial charge in [-0.1, -0.05) is 24.3 Å². The first-order valence-electron chi connectivity index (χ1n) is 5.38. The van der Waals surface area contributed by atoms with Crippen LogP contribution in [0.25, 0.3) is 0 Å². The van der Waals surface area contributed by atoms with Crippen molar-refractivity contribution in [2.24, 2.45) is 0 Å². The number of hydrogen-bond donors (Lipinski definition) is 3. The van der Waals surface area contributed by atoms with Gasteiger partial charge in [-0.25, -0.2) is 4.21 Å². The first-order valence-corrected chi connectivity index (χ1v) is 6.55. The van der Waals surface area contributed by atoms with Crippen LogP contribution in [0.4, 0.5) is 11.4 Å². The van der Waals surface area contributed by atoms with Crippen LogP contribution in [0.15, 0.2) is 48.5 Å². The Bertz CT molecular complexity index is 507. The molecule has 0 bridgehead atoms. The second-order valence-electron chi connectivity index (χ2n) is 3.99. The van der Waals surface area contributed by atoms with Crippen LogP contribution in [-0.4, -0.2) is 8.76 Å². The summed E-state index contributed by atoms with van der Waals surface area (Å²) in [6.45, 7) is 0. The Hall–Kier alpha value is -1.85. The molecule has 0 aliphatic rings. The van der Waals surface area contributed by atoms with Crippen molar-refractivity contribution in [2.45, 2.75) is 5.25 Å². The molecule has 0 aromatic heterocycles. The molecule has 0 radical (unpaired) electrons. The van der Waals surface area contributed by atoms with Crippen molar-refractivity contribution in [3.63, 3.8) is 0 Å². The minimum absolute atomic E-state index is 0.591. The molecule has 4 nitrogen and oxygen atoms in total. The average Bonchev–Trinajstić information content (AvgIpc) is 2.34.